The molecule has 0 unspecified atom stereocenters. The maximum atomic E-state index is 13.9. The number of carbonyl (C=O) groups excluding carboxylic acids is 1. The quantitative estimate of drug-likeness (QED) is 0.348. The number of benzene rings is 1. The van der Waals surface area contributed by atoms with Crippen LogP contribution in [-0.2, 0) is 11.3 Å². The number of halogens is 2. The van der Waals surface area contributed by atoms with Crippen molar-refractivity contribution in [3.63, 3.8) is 0 Å². The van der Waals surface area contributed by atoms with E-state index in [-0.39, 0.29) is 24.1 Å². The molecule has 6 nitrogen and oxygen atoms in total. The summed E-state index contributed by atoms with van der Waals surface area (Å²) in [6, 6.07) is 6.70. The highest BCUT2D eigenvalue weighted by molar-refractivity contribution is 9.12. The van der Waals surface area contributed by atoms with E-state index < -0.39 is 5.82 Å². The molecule has 0 saturated carbocycles. The third-order valence-corrected chi connectivity index (χ3v) is 7.68. The second kappa shape index (κ2) is 12.7. The number of carbonyl (C=O) groups is 1. The Morgan fingerprint density at radius 3 is 2.68 bits per heavy atom. The summed E-state index contributed by atoms with van der Waals surface area (Å²) in [4.78, 5) is 19.8. The zero-order chi connectivity index (χ0) is 26.4. The molecule has 2 aliphatic heterocycles. The summed E-state index contributed by atoms with van der Waals surface area (Å²) in [6.07, 6.45) is 12.5. The van der Waals surface area contributed by atoms with Gasteiger partial charge in [-0.2, -0.15) is 5.10 Å². The first-order chi connectivity index (χ1) is 17.8. The number of nitrogens with zero attached hydrogens (tertiary/aromatic N) is 4. The van der Waals surface area contributed by atoms with Crippen LogP contribution in [0.5, 0.6) is 5.75 Å². The molecule has 4 rings (SSSR count). The average molecular weight is 572 g/mol. The molecular weight excluding hydrogens is 535 g/mol. The molecule has 1 amide bonds. The van der Waals surface area contributed by atoms with E-state index in [0.29, 0.717) is 11.6 Å². The second-order valence-electron chi connectivity index (χ2n) is 10.1. The van der Waals surface area contributed by atoms with E-state index in [4.69, 9.17) is 9.84 Å². The van der Waals surface area contributed by atoms with Gasteiger partial charge in [0.2, 0.25) is 5.91 Å². The minimum absolute atomic E-state index is 0.0932. The summed E-state index contributed by atoms with van der Waals surface area (Å²) < 4.78 is 21.9. The van der Waals surface area contributed by atoms with Crippen LogP contribution < -0.4 is 4.74 Å². The number of hydrogen-bond donors (Lipinski definition) is 0. The van der Waals surface area contributed by atoms with E-state index in [2.05, 4.69) is 46.9 Å². The van der Waals surface area contributed by atoms with Gasteiger partial charge in [0.05, 0.1) is 12.8 Å². The van der Waals surface area contributed by atoms with Crippen molar-refractivity contribution in [3.8, 4) is 17.0 Å². The molecule has 0 atom stereocenters. The first-order valence-corrected chi connectivity index (χ1v) is 13.9. The van der Waals surface area contributed by atoms with Crippen molar-refractivity contribution in [3.05, 3.63) is 58.1 Å². The molecule has 3 heterocycles. The Kier molecular flexibility index (Phi) is 9.35. The number of allylic oxidation sites excluding steroid dienone is 4. The normalized spacial score (nSPS) is 20.5. The Morgan fingerprint density at radius 1 is 1.19 bits per heavy atom. The summed E-state index contributed by atoms with van der Waals surface area (Å²) >= 11 is 3.53. The third-order valence-electron chi connectivity index (χ3n) is 7.15. The Balaban J connectivity index is 1.34. The molecule has 1 saturated heterocycles. The van der Waals surface area contributed by atoms with Gasteiger partial charge in [-0.3, -0.25) is 14.5 Å². The van der Waals surface area contributed by atoms with Crippen LogP contribution in [0.2, 0.25) is 0 Å². The van der Waals surface area contributed by atoms with E-state index in [1.165, 1.54) is 13.2 Å². The topological polar surface area (TPSA) is 59.7 Å². The molecule has 0 N–H and O–H groups in total. The van der Waals surface area contributed by atoms with Crippen LogP contribution in [0, 0.1) is 11.7 Å². The van der Waals surface area contributed by atoms with E-state index in [0.717, 1.165) is 73.1 Å². The number of aromatic nitrogens is 2. The summed E-state index contributed by atoms with van der Waals surface area (Å²) in [5.41, 5.74) is 3.62. The predicted molar refractivity (Wildman–Crippen MR) is 150 cm³/mol. The summed E-state index contributed by atoms with van der Waals surface area (Å²) in [6.45, 7) is 5.94. The van der Waals surface area contributed by atoms with Gasteiger partial charge in [-0.1, -0.05) is 26.0 Å². The first-order valence-electron chi connectivity index (χ1n) is 13.1. The molecule has 37 heavy (non-hydrogen) atoms. The van der Waals surface area contributed by atoms with E-state index in [1.807, 2.05) is 17.2 Å². The maximum absolute atomic E-state index is 13.9. The van der Waals surface area contributed by atoms with Gasteiger partial charge in [-0.25, -0.2) is 4.39 Å². The fourth-order valence-corrected chi connectivity index (χ4v) is 5.25. The molecule has 198 valence electrons. The van der Waals surface area contributed by atoms with Crippen LogP contribution in [-0.4, -0.2) is 47.0 Å². The monoisotopic (exact) mass is 570 g/mol. The maximum Gasteiger partial charge on any atom is 0.244 e. The zero-order valence-corrected chi connectivity index (χ0v) is 23.5. The second-order valence-corrected chi connectivity index (χ2v) is 11.0. The van der Waals surface area contributed by atoms with Crippen molar-refractivity contribution in [2.75, 3.05) is 20.2 Å². The lowest BCUT2D eigenvalue weighted by Gasteiger charge is -2.32. The molecule has 0 bridgehead atoms. The molecule has 1 fully saturated rings. The fraction of sp³-hybridized carbons (Fsp3) is 0.483. The van der Waals surface area contributed by atoms with Crippen molar-refractivity contribution in [2.24, 2.45) is 10.9 Å². The van der Waals surface area contributed by atoms with Crippen LogP contribution in [0.25, 0.3) is 11.3 Å². The molecule has 0 aliphatic carbocycles. The van der Waals surface area contributed by atoms with Crippen molar-refractivity contribution in [2.45, 2.75) is 64.8 Å². The van der Waals surface area contributed by atoms with Crippen molar-refractivity contribution >= 4 is 28.1 Å². The fourth-order valence-electron chi connectivity index (χ4n) is 4.92. The smallest absolute Gasteiger partial charge is 0.244 e. The number of piperidine rings is 1. The first kappa shape index (κ1) is 27.3. The standard InChI is InChI=1S/C29H36BrFN4O2/c1-20(2)27-17-26(22-9-11-25(31)28(16-22)37-3)33-35(27)19-29(36)34-14-12-21(13-15-34)8-10-24-7-5-4-6-23(30)18-32-24/h6-7,9,11,16-18,20-21H,4-5,8,10,12-15,19H2,1-3H3/b23-6+,24-7-,32-18+. The minimum atomic E-state index is -0.410. The SMILES string of the molecule is COc1cc(-c2cc(C(C)C)n(CC(=O)N3CCC(CCC4=C\CC\C=C(Br)/C=N/4)CC3)n2)ccc1F. The highest BCUT2D eigenvalue weighted by atomic mass is 79.9. The number of aliphatic imine (C=N–C) groups is 1. The molecule has 8 heteroatoms. The van der Waals surface area contributed by atoms with Gasteiger partial charge in [0, 0.05) is 40.7 Å². The highest BCUT2D eigenvalue weighted by Gasteiger charge is 2.24. The average Bonchev–Trinajstić information content (AvgIpc) is 3.30. The van der Waals surface area contributed by atoms with Crippen LogP contribution in [0.15, 0.2) is 51.6 Å². The van der Waals surface area contributed by atoms with Crippen LogP contribution in [0.3, 0.4) is 0 Å². The molecular formula is C29H36BrFN4O2. The number of rotatable bonds is 8. The Hall–Kier alpha value is -2.74. The van der Waals surface area contributed by atoms with Crippen molar-refractivity contribution in [1.82, 2.24) is 14.7 Å². The van der Waals surface area contributed by atoms with Crippen molar-refractivity contribution < 1.29 is 13.9 Å². The molecule has 1 aromatic heterocycles. The van der Waals surface area contributed by atoms with E-state index >= 15 is 0 Å². The Labute approximate surface area is 227 Å². The predicted octanol–water partition coefficient (Wildman–Crippen LogP) is 6.87. The lowest BCUT2D eigenvalue weighted by molar-refractivity contribution is -0.133. The van der Waals surface area contributed by atoms with Crippen LogP contribution in [0.1, 0.15) is 64.0 Å². The molecule has 0 spiro atoms. The van der Waals surface area contributed by atoms with E-state index in [1.54, 1.807) is 16.8 Å². The van der Waals surface area contributed by atoms with E-state index in [9.17, 15) is 9.18 Å². The highest BCUT2D eigenvalue weighted by Crippen LogP contribution is 2.29. The molecule has 2 aromatic rings. The van der Waals surface area contributed by atoms with Gasteiger partial charge in [0.1, 0.15) is 6.54 Å². The van der Waals surface area contributed by atoms with Gasteiger partial charge in [0.25, 0.3) is 0 Å². The summed E-state index contributed by atoms with van der Waals surface area (Å²) in [5, 5.41) is 4.72. The van der Waals surface area contributed by atoms with Crippen molar-refractivity contribution in [1.29, 1.82) is 0 Å². The molecule has 2 aliphatic rings. The molecule has 1 aromatic carbocycles. The molecule has 0 radical (unpaired) electrons. The van der Waals surface area contributed by atoms with Gasteiger partial charge < -0.3 is 9.64 Å². The lowest BCUT2D eigenvalue weighted by Crippen LogP contribution is -2.40. The van der Waals surface area contributed by atoms with Gasteiger partial charge in [-0.15, -0.1) is 0 Å². The largest absolute Gasteiger partial charge is 0.494 e. The van der Waals surface area contributed by atoms with Gasteiger partial charge in [-0.05, 0) is 90.6 Å². The Bertz CT molecular complexity index is 1190. The summed E-state index contributed by atoms with van der Waals surface area (Å²) in [5.74, 6) is 0.673. The van der Waals surface area contributed by atoms with Crippen LogP contribution >= 0.6 is 15.9 Å². The van der Waals surface area contributed by atoms with Gasteiger partial charge in [0.15, 0.2) is 11.6 Å². The minimum Gasteiger partial charge on any atom is -0.494 e. The number of hydrogen-bond acceptors (Lipinski definition) is 4. The lowest BCUT2D eigenvalue weighted by atomic mass is 9.91. The zero-order valence-electron chi connectivity index (χ0n) is 21.9. The number of amides is 1. The summed E-state index contributed by atoms with van der Waals surface area (Å²) in [7, 11) is 1.45. The third kappa shape index (κ3) is 7.18. The van der Waals surface area contributed by atoms with Gasteiger partial charge >= 0.3 is 0 Å². The number of likely N-dealkylation sites (tertiary alicyclic amines) is 1. The Morgan fingerprint density at radius 2 is 1.95 bits per heavy atom. The number of methoxy groups -OCH3 is 1. The number of ether oxygens (including phenoxy) is 1. The van der Waals surface area contributed by atoms with Crippen LogP contribution in [0.4, 0.5) is 4.39 Å².